The van der Waals surface area contributed by atoms with Crippen LogP contribution in [0.15, 0.2) is 54.9 Å². The summed E-state index contributed by atoms with van der Waals surface area (Å²) < 4.78 is 0. The van der Waals surface area contributed by atoms with E-state index in [9.17, 15) is 14.4 Å². The van der Waals surface area contributed by atoms with Crippen molar-refractivity contribution in [3.8, 4) is 0 Å². The van der Waals surface area contributed by atoms with E-state index in [4.69, 9.17) is 0 Å². The fourth-order valence-corrected chi connectivity index (χ4v) is 4.14. The number of imide groups is 1. The zero-order valence-corrected chi connectivity index (χ0v) is 20.0. The fraction of sp³-hybridized carbons (Fsp3) is 0.296. The molecule has 1 aliphatic heterocycles. The van der Waals surface area contributed by atoms with Crippen LogP contribution < -0.4 is 10.6 Å². The molecule has 8 heteroatoms. The number of hydrogen-bond donors (Lipinski definition) is 2. The van der Waals surface area contributed by atoms with Gasteiger partial charge in [0.05, 0.1) is 11.1 Å². The zero-order chi connectivity index (χ0) is 24.8. The Bertz CT molecular complexity index is 1220. The van der Waals surface area contributed by atoms with Gasteiger partial charge in [0.15, 0.2) is 0 Å². The van der Waals surface area contributed by atoms with Gasteiger partial charge in [0.1, 0.15) is 12.1 Å². The summed E-state index contributed by atoms with van der Waals surface area (Å²) in [4.78, 5) is 47.1. The first kappa shape index (κ1) is 24.1. The number of nitrogens with zero attached hydrogens (tertiary/aromatic N) is 3. The number of anilines is 3. The first-order chi connectivity index (χ1) is 17.0. The molecule has 3 aromatic rings. The van der Waals surface area contributed by atoms with E-state index >= 15 is 0 Å². The Kier molecular flexibility index (Phi) is 7.50. The fourth-order valence-electron chi connectivity index (χ4n) is 4.14. The Labute approximate surface area is 204 Å². The number of fused-ring (bicyclic) bond motifs is 1. The first-order valence-electron chi connectivity index (χ1n) is 11.9. The highest BCUT2D eigenvalue weighted by atomic mass is 16.2. The monoisotopic (exact) mass is 471 g/mol. The summed E-state index contributed by atoms with van der Waals surface area (Å²) in [6.45, 7) is 4.31. The number of benzene rings is 2. The van der Waals surface area contributed by atoms with Crippen LogP contribution in [0.1, 0.15) is 64.6 Å². The summed E-state index contributed by atoms with van der Waals surface area (Å²) in [5, 5.41) is 6.27. The van der Waals surface area contributed by atoms with Gasteiger partial charge in [-0.1, -0.05) is 31.5 Å². The van der Waals surface area contributed by atoms with Crippen LogP contribution in [0.4, 0.5) is 17.2 Å². The van der Waals surface area contributed by atoms with Crippen LogP contribution in [-0.4, -0.2) is 39.1 Å². The second-order valence-corrected chi connectivity index (χ2v) is 8.56. The standard InChI is InChI=1S/C27H29N5O3/c1-3-19-12-13-20(30-24-15-18(2)28-17-29-24)16-23(19)31-25(33)11-5-4-8-14-32-26(34)21-9-6-7-10-22(21)27(32)35/h6-7,9-10,12-13,15-17H,3-5,8,11,14H2,1-2H3,(H,31,33)(H,28,29,30). The van der Waals surface area contributed by atoms with Crippen LogP contribution in [0.5, 0.6) is 0 Å². The van der Waals surface area contributed by atoms with Gasteiger partial charge in [-0.2, -0.15) is 0 Å². The van der Waals surface area contributed by atoms with Crippen LogP contribution in [-0.2, 0) is 11.2 Å². The third kappa shape index (κ3) is 5.71. The number of aromatic nitrogens is 2. The Morgan fingerprint density at radius 2 is 1.69 bits per heavy atom. The number of hydrogen-bond acceptors (Lipinski definition) is 6. The van der Waals surface area contributed by atoms with Crippen molar-refractivity contribution in [2.45, 2.75) is 46.0 Å². The van der Waals surface area contributed by atoms with Crippen molar-refractivity contribution in [2.24, 2.45) is 0 Å². The predicted octanol–water partition coefficient (Wildman–Crippen LogP) is 4.89. The highest BCUT2D eigenvalue weighted by Crippen LogP contribution is 2.25. The molecule has 2 N–H and O–H groups in total. The van der Waals surface area contributed by atoms with Crippen LogP contribution in [0.25, 0.3) is 0 Å². The van der Waals surface area contributed by atoms with Crippen molar-refractivity contribution in [1.82, 2.24) is 14.9 Å². The number of rotatable bonds is 10. The molecule has 0 fully saturated rings. The SMILES string of the molecule is CCc1ccc(Nc2cc(C)ncn2)cc1NC(=O)CCCCCN1C(=O)c2ccccc2C1=O. The van der Waals surface area contributed by atoms with E-state index in [1.54, 1.807) is 24.3 Å². The van der Waals surface area contributed by atoms with Crippen molar-refractivity contribution < 1.29 is 14.4 Å². The van der Waals surface area contributed by atoms with Gasteiger partial charge in [-0.15, -0.1) is 0 Å². The molecule has 0 aliphatic carbocycles. The van der Waals surface area contributed by atoms with Crippen molar-refractivity contribution in [3.05, 3.63) is 77.2 Å². The maximum atomic E-state index is 12.6. The molecule has 0 saturated carbocycles. The Hall–Kier alpha value is -4.07. The average molecular weight is 472 g/mol. The number of carbonyl (C=O) groups is 3. The van der Waals surface area contributed by atoms with Crippen LogP contribution in [0.2, 0.25) is 0 Å². The van der Waals surface area contributed by atoms with E-state index in [0.717, 1.165) is 35.5 Å². The molecular weight excluding hydrogens is 442 g/mol. The lowest BCUT2D eigenvalue weighted by molar-refractivity contribution is -0.116. The molecule has 0 saturated heterocycles. The van der Waals surface area contributed by atoms with Gasteiger partial charge >= 0.3 is 0 Å². The molecular formula is C27H29N5O3. The molecule has 0 unspecified atom stereocenters. The lowest BCUT2D eigenvalue weighted by atomic mass is 10.1. The smallest absolute Gasteiger partial charge is 0.261 e. The lowest BCUT2D eigenvalue weighted by Gasteiger charge is -2.14. The van der Waals surface area contributed by atoms with Gasteiger partial charge in [-0.05, 0) is 56.0 Å². The molecule has 0 spiro atoms. The maximum Gasteiger partial charge on any atom is 0.261 e. The average Bonchev–Trinajstić information content (AvgIpc) is 3.09. The van der Waals surface area contributed by atoms with Crippen molar-refractivity contribution >= 4 is 34.9 Å². The quantitative estimate of drug-likeness (QED) is 0.322. The summed E-state index contributed by atoms with van der Waals surface area (Å²) in [7, 11) is 0. The molecule has 0 bridgehead atoms. The summed E-state index contributed by atoms with van der Waals surface area (Å²) in [6, 6.07) is 14.6. The molecule has 0 radical (unpaired) electrons. The zero-order valence-electron chi connectivity index (χ0n) is 20.0. The third-order valence-electron chi connectivity index (χ3n) is 6.00. The number of unbranched alkanes of at least 4 members (excludes halogenated alkanes) is 2. The normalized spacial score (nSPS) is 12.6. The molecule has 0 atom stereocenters. The molecule has 8 nitrogen and oxygen atoms in total. The number of nitrogens with one attached hydrogen (secondary N) is 2. The highest BCUT2D eigenvalue weighted by molar-refractivity contribution is 6.21. The second kappa shape index (κ2) is 10.9. The van der Waals surface area contributed by atoms with E-state index in [-0.39, 0.29) is 17.7 Å². The highest BCUT2D eigenvalue weighted by Gasteiger charge is 2.34. The van der Waals surface area contributed by atoms with Crippen molar-refractivity contribution in [3.63, 3.8) is 0 Å². The van der Waals surface area contributed by atoms with E-state index in [0.29, 0.717) is 42.8 Å². The van der Waals surface area contributed by atoms with Crippen LogP contribution in [0, 0.1) is 6.92 Å². The Morgan fingerprint density at radius 1 is 0.943 bits per heavy atom. The first-order valence-corrected chi connectivity index (χ1v) is 11.9. The van der Waals surface area contributed by atoms with Crippen LogP contribution >= 0.6 is 0 Å². The van der Waals surface area contributed by atoms with Gasteiger partial charge in [0.25, 0.3) is 11.8 Å². The third-order valence-corrected chi connectivity index (χ3v) is 6.00. The number of aryl methyl sites for hydroxylation is 2. The largest absolute Gasteiger partial charge is 0.340 e. The Morgan fingerprint density at radius 3 is 2.37 bits per heavy atom. The molecule has 2 heterocycles. The summed E-state index contributed by atoms with van der Waals surface area (Å²) in [5.41, 5.74) is 4.46. The molecule has 2 aromatic carbocycles. The van der Waals surface area contributed by atoms with Crippen LogP contribution in [0.3, 0.4) is 0 Å². The summed E-state index contributed by atoms with van der Waals surface area (Å²) in [6.07, 6.45) is 4.76. The minimum atomic E-state index is -0.235. The topological polar surface area (TPSA) is 104 Å². The van der Waals surface area contributed by atoms with E-state index in [1.165, 1.54) is 11.2 Å². The second-order valence-electron chi connectivity index (χ2n) is 8.56. The molecule has 4 rings (SSSR count). The van der Waals surface area contributed by atoms with E-state index in [1.807, 2.05) is 38.1 Å². The molecule has 180 valence electrons. The van der Waals surface area contributed by atoms with Gasteiger partial charge in [-0.3, -0.25) is 19.3 Å². The van der Waals surface area contributed by atoms with Gasteiger partial charge in [0.2, 0.25) is 5.91 Å². The summed E-state index contributed by atoms with van der Waals surface area (Å²) >= 11 is 0. The van der Waals surface area contributed by atoms with Gasteiger partial charge < -0.3 is 10.6 Å². The lowest BCUT2D eigenvalue weighted by Crippen LogP contribution is -2.30. The summed E-state index contributed by atoms with van der Waals surface area (Å²) in [5.74, 6) is 0.162. The number of carbonyl (C=O) groups excluding carboxylic acids is 3. The molecule has 35 heavy (non-hydrogen) atoms. The Balaban J connectivity index is 1.25. The maximum absolute atomic E-state index is 12.6. The molecule has 1 aliphatic rings. The van der Waals surface area contributed by atoms with E-state index < -0.39 is 0 Å². The van der Waals surface area contributed by atoms with E-state index in [2.05, 4.69) is 20.6 Å². The minimum Gasteiger partial charge on any atom is -0.340 e. The van der Waals surface area contributed by atoms with Gasteiger partial charge in [-0.25, -0.2) is 9.97 Å². The predicted molar refractivity (Wildman–Crippen MR) is 135 cm³/mol. The van der Waals surface area contributed by atoms with Crippen molar-refractivity contribution in [1.29, 1.82) is 0 Å². The van der Waals surface area contributed by atoms with Gasteiger partial charge in [0, 0.05) is 36.1 Å². The molecule has 3 amide bonds. The number of amides is 3. The molecule has 1 aromatic heterocycles. The minimum absolute atomic E-state index is 0.0598. The van der Waals surface area contributed by atoms with Crippen molar-refractivity contribution in [2.75, 3.05) is 17.2 Å².